The highest BCUT2D eigenvalue weighted by Crippen LogP contribution is 2.20. The van der Waals surface area contributed by atoms with E-state index in [-0.39, 0.29) is 0 Å². The molecule has 0 aromatic heterocycles. The first kappa shape index (κ1) is 13.0. The molecule has 0 aliphatic rings. The van der Waals surface area contributed by atoms with E-state index in [0.29, 0.717) is 23.7 Å². The van der Waals surface area contributed by atoms with E-state index in [9.17, 15) is 8.42 Å². The molecule has 0 saturated heterocycles. The first-order valence-corrected chi connectivity index (χ1v) is 6.92. The number of sulfonamides is 1. The molecule has 0 saturated carbocycles. The van der Waals surface area contributed by atoms with Crippen molar-refractivity contribution in [1.29, 1.82) is 0 Å². The Kier molecular flexibility index (Phi) is 4.76. The molecule has 16 heavy (non-hydrogen) atoms. The number of hydrogen-bond acceptors (Lipinski definition) is 3. The number of hydrogen-bond donors (Lipinski definition) is 2. The van der Waals surface area contributed by atoms with Crippen LogP contribution in [0, 0.1) is 0 Å². The SMILES string of the molecule is CCCNS(=O)(=O)c1ccccc1NCC. The average molecular weight is 242 g/mol. The molecule has 0 heterocycles. The van der Waals surface area contributed by atoms with Crippen molar-refractivity contribution in [1.82, 2.24) is 4.72 Å². The summed E-state index contributed by atoms with van der Waals surface area (Å²) in [6.07, 6.45) is 0.780. The molecule has 0 atom stereocenters. The summed E-state index contributed by atoms with van der Waals surface area (Å²) in [6, 6.07) is 6.91. The molecule has 1 aromatic carbocycles. The van der Waals surface area contributed by atoms with Crippen LogP contribution in [-0.4, -0.2) is 21.5 Å². The predicted octanol–water partition coefficient (Wildman–Crippen LogP) is 1.81. The molecule has 0 spiro atoms. The second-order valence-corrected chi connectivity index (χ2v) is 5.16. The molecule has 1 aromatic rings. The molecule has 2 N–H and O–H groups in total. The van der Waals surface area contributed by atoms with Gasteiger partial charge in [0, 0.05) is 13.1 Å². The van der Waals surface area contributed by atoms with Gasteiger partial charge in [-0.1, -0.05) is 19.1 Å². The number of anilines is 1. The van der Waals surface area contributed by atoms with Gasteiger partial charge in [0.25, 0.3) is 0 Å². The van der Waals surface area contributed by atoms with E-state index in [4.69, 9.17) is 0 Å². The monoisotopic (exact) mass is 242 g/mol. The molecule has 5 heteroatoms. The van der Waals surface area contributed by atoms with E-state index in [1.54, 1.807) is 18.2 Å². The van der Waals surface area contributed by atoms with Gasteiger partial charge in [-0.15, -0.1) is 0 Å². The summed E-state index contributed by atoms with van der Waals surface area (Å²) in [5.74, 6) is 0. The van der Waals surface area contributed by atoms with E-state index >= 15 is 0 Å². The molecule has 0 fully saturated rings. The van der Waals surface area contributed by atoms with Gasteiger partial charge >= 0.3 is 0 Å². The molecule has 4 nitrogen and oxygen atoms in total. The molecule has 0 aliphatic heterocycles. The third kappa shape index (κ3) is 3.21. The van der Waals surface area contributed by atoms with Crippen molar-refractivity contribution in [3.8, 4) is 0 Å². The highest BCUT2D eigenvalue weighted by molar-refractivity contribution is 7.89. The minimum Gasteiger partial charge on any atom is -0.384 e. The van der Waals surface area contributed by atoms with Crippen LogP contribution in [0.1, 0.15) is 20.3 Å². The van der Waals surface area contributed by atoms with E-state index in [0.717, 1.165) is 6.42 Å². The zero-order valence-electron chi connectivity index (χ0n) is 9.66. The number of benzene rings is 1. The molecule has 0 amide bonds. The summed E-state index contributed by atoms with van der Waals surface area (Å²) in [7, 11) is -3.39. The van der Waals surface area contributed by atoms with Crippen LogP contribution in [-0.2, 0) is 10.0 Å². The lowest BCUT2D eigenvalue weighted by molar-refractivity contribution is 0.581. The Bertz CT molecular complexity index is 429. The van der Waals surface area contributed by atoms with Crippen LogP contribution in [0.4, 0.5) is 5.69 Å². The summed E-state index contributed by atoms with van der Waals surface area (Å²) in [5, 5.41) is 3.04. The third-order valence-electron chi connectivity index (χ3n) is 2.09. The van der Waals surface area contributed by atoms with E-state index in [1.807, 2.05) is 19.9 Å². The van der Waals surface area contributed by atoms with E-state index < -0.39 is 10.0 Å². The van der Waals surface area contributed by atoms with Crippen molar-refractivity contribution < 1.29 is 8.42 Å². The quantitative estimate of drug-likeness (QED) is 0.800. The number of para-hydroxylation sites is 1. The molecule has 1 rings (SSSR count). The maximum Gasteiger partial charge on any atom is 0.242 e. The fourth-order valence-electron chi connectivity index (χ4n) is 1.35. The van der Waals surface area contributed by atoms with Gasteiger partial charge in [-0.2, -0.15) is 0 Å². The van der Waals surface area contributed by atoms with Crippen LogP contribution in [0.2, 0.25) is 0 Å². The molecule has 0 aliphatic carbocycles. The van der Waals surface area contributed by atoms with Crippen molar-refractivity contribution in [2.75, 3.05) is 18.4 Å². The third-order valence-corrected chi connectivity index (χ3v) is 3.61. The Morgan fingerprint density at radius 2 is 1.88 bits per heavy atom. The van der Waals surface area contributed by atoms with Crippen LogP contribution >= 0.6 is 0 Å². The predicted molar refractivity (Wildman–Crippen MR) is 66.1 cm³/mol. The Morgan fingerprint density at radius 3 is 2.50 bits per heavy atom. The Hall–Kier alpha value is -1.07. The molecule has 0 radical (unpaired) electrons. The summed E-state index contributed by atoms with van der Waals surface area (Å²) in [5.41, 5.74) is 0.647. The largest absolute Gasteiger partial charge is 0.384 e. The highest BCUT2D eigenvalue weighted by atomic mass is 32.2. The summed E-state index contributed by atoms with van der Waals surface area (Å²) >= 11 is 0. The first-order valence-electron chi connectivity index (χ1n) is 5.44. The summed E-state index contributed by atoms with van der Waals surface area (Å²) < 4.78 is 26.4. The van der Waals surface area contributed by atoms with Gasteiger partial charge in [0.15, 0.2) is 0 Å². The highest BCUT2D eigenvalue weighted by Gasteiger charge is 2.16. The number of rotatable bonds is 6. The molecular weight excluding hydrogens is 224 g/mol. The first-order chi connectivity index (χ1) is 7.61. The second kappa shape index (κ2) is 5.86. The Morgan fingerprint density at radius 1 is 1.19 bits per heavy atom. The minimum absolute atomic E-state index is 0.310. The van der Waals surface area contributed by atoms with Crippen molar-refractivity contribution >= 4 is 15.7 Å². The molecule has 90 valence electrons. The van der Waals surface area contributed by atoms with Crippen molar-refractivity contribution in [3.05, 3.63) is 24.3 Å². The standard InChI is InChI=1S/C11H18N2O2S/c1-3-9-13-16(14,15)11-8-6-5-7-10(11)12-4-2/h5-8,12-13H,3-4,9H2,1-2H3. The summed E-state index contributed by atoms with van der Waals surface area (Å²) in [4.78, 5) is 0.310. The lowest BCUT2D eigenvalue weighted by Gasteiger charge is -2.11. The smallest absolute Gasteiger partial charge is 0.242 e. The molecule has 0 bridgehead atoms. The van der Waals surface area contributed by atoms with Gasteiger partial charge in [0.05, 0.1) is 5.69 Å². The lowest BCUT2D eigenvalue weighted by Crippen LogP contribution is -2.25. The zero-order chi connectivity index (χ0) is 12.0. The van der Waals surface area contributed by atoms with Crippen molar-refractivity contribution in [2.24, 2.45) is 0 Å². The van der Waals surface area contributed by atoms with E-state index in [2.05, 4.69) is 10.0 Å². The van der Waals surface area contributed by atoms with Gasteiger partial charge in [0.1, 0.15) is 4.90 Å². The lowest BCUT2D eigenvalue weighted by atomic mass is 10.3. The van der Waals surface area contributed by atoms with Crippen LogP contribution in [0.5, 0.6) is 0 Å². The maximum atomic E-state index is 11.9. The van der Waals surface area contributed by atoms with Crippen molar-refractivity contribution in [2.45, 2.75) is 25.2 Å². The normalized spacial score (nSPS) is 11.4. The van der Waals surface area contributed by atoms with Gasteiger partial charge in [-0.05, 0) is 25.5 Å². The fraction of sp³-hybridized carbons (Fsp3) is 0.455. The van der Waals surface area contributed by atoms with Crippen LogP contribution in [0.15, 0.2) is 29.2 Å². The fourth-order valence-corrected chi connectivity index (χ4v) is 2.67. The van der Waals surface area contributed by atoms with Gasteiger partial charge in [-0.25, -0.2) is 13.1 Å². The summed E-state index contributed by atoms with van der Waals surface area (Å²) in [6.45, 7) is 5.02. The van der Waals surface area contributed by atoms with Gasteiger partial charge in [0.2, 0.25) is 10.0 Å². The van der Waals surface area contributed by atoms with Crippen LogP contribution in [0.3, 0.4) is 0 Å². The van der Waals surface area contributed by atoms with Crippen LogP contribution in [0.25, 0.3) is 0 Å². The maximum absolute atomic E-state index is 11.9. The Balaban J connectivity index is 3.02. The molecular formula is C11H18N2O2S. The zero-order valence-corrected chi connectivity index (χ0v) is 10.5. The second-order valence-electron chi connectivity index (χ2n) is 3.42. The minimum atomic E-state index is -3.39. The van der Waals surface area contributed by atoms with E-state index in [1.165, 1.54) is 0 Å². The van der Waals surface area contributed by atoms with Gasteiger partial charge < -0.3 is 5.32 Å². The van der Waals surface area contributed by atoms with Gasteiger partial charge in [-0.3, -0.25) is 0 Å². The topological polar surface area (TPSA) is 58.2 Å². The Labute approximate surface area is 97.1 Å². The average Bonchev–Trinajstić information content (AvgIpc) is 2.27. The van der Waals surface area contributed by atoms with Crippen molar-refractivity contribution in [3.63, 3.8) is 0 Å². The van der Waals surface area contributed by atoms with Crippen LogP contribution < -0.4 is 10.0 Å². The number of nitrogens with one attached hydrogen (secondary N) is 2. The molecule has 0 unspecified atom stereocenters.